The molecule has 0 aliphatic heterocycles. The van der Waals surface area contributed by atoms with Crippen molar-refractivity contribution in [3.63, 3.8) is 0 Å². The Hall–Kier alpha value is -1.57. The molecule has 1 fully saturated rings. The molecule has 0 saturated heterocycles. The summed E-state index contributed by atoms with van der Waals surface area (Å²) in [5.74, 6) is -0.181. The molecule has 2 nitrogen and oxygen atoms in total. The van der Waals surface area contributed by atoms with Gasteiger partial charge < -0.3 is 4.74 Å². The number of hydrogen-bond acceptors (Lipinski definition) is 2. The molecule has 0 spiro atoms. The summed E-state index contributed by atoms with van der Waals surface area (Å²) >= 11 is 0. The van der Waals surface area contributed by atoms with E-state index in [1.807, 2.05) is 24.3 Å². The van der Waals surface area contributed by atoms with E-state index in [9.17, 15) is 4.79 Å². The molecule has 1 saturated carbocycles. The number of hydrogen-bond donors (Lipinski definition) is 0. The minimum absolute atomic E-state index is 0.153. The highest BCUT2D eigenvalue weighted by atomic mass is 16.5. The molecule has 2 rings (SSSR count). The Kier molecular flexibility index (Phi) is 5.67. The molecule has 0 unspecified atom stereocenters. The summed E-state index contributed by atoms with van der Waals surface area (Å²) < 4.78 is 5.42. The highest BCUT2D eigenvalue weighted by molar-refractivity contribution is 5.82. The van der Waals surface area contributed by atoms with Crippen molar-refractivity contribution >= 4 is 5.97 Å². The minimum Gasteiger partial charge on any atom is -0.459 e. The number of rotatable bonds is 5. The second kappa shape index (κ2) is 7.78. The van der Waals surface area contributed by atoms with Gasteiger partial charge in [-0.05, 0) is 44.1 Å². The zero-order chi connectivity index (χ0) is 13.3. The molecule has 0 N–H and O–H groups in total. The van der Waals surface area contributed by atoms with Crippen LogP contribution < -0.4 is 0 Å². The first kappa shape index (κ1) is 13.9. The van der Waals surface area contributed by atoms with Crippen molar-refractivity contribution in [2.24, 2.45) is 0 Å². The van der Waals surface area contributed by atoms with Gasteiger partial charge in [0.25, 0.3) is 0 Å². The molecule has 0 heterocycles. The van der Waals surface area contributed by atoms with Gasteiger partial charge in [-0.25, -0.2) is 4.79 Å². The topological polar surface area (TPSA) is 26.3 Å². The Morgan fingerprint density at radius 1 is 1.16 bits per heavy atom. The Morgan fingerprint density at radius 2 is 1.89 bits per heavy atom. The molecule has 1 aliphatic rings. The maximum Gasteiger partial charge on any atom is 0.330 e. The van der Waals surface area contributed by atoms with Crippen LogP contribution in [0.15, 0.2) is 42.5 Å². The van der Waals surface area contributed by atoms with Gasteiger partial charge in [0.05, 0.1) is 0 Å². The number of carbonyl (C=O) groups is 1. The van der Waals surface area contributed by atoms with Crippen LogP contribution in [-0.2, 0) is 16.0 Å². The van der Waals surface area contributed by atoms with Gasteiger partial charge in [-0.2, -0.15) is 0 Å². The molecule has 2 heteroatoms. The third-order valence-corrected chi connectivity index (χ3v) is 3.53. The second-order valence-corrected chi connectivity index (χ2v) is 5.12. The van der Waals surface area contributed by atoms with Gasteiger partial charge in [0.1, 0.15) is 6.10 Å². The smallest absolute Gasteiger partial charge is 0.330 e. The van der Waals surface area contributed by atoms with Gasteiger partial charge >= 0.3 is 5.97 Å². The van der Waals surface area contributed by atoms with Crippen LogP contribution in [-0.4, -0.2) is 12.1 Å². The van der Waals surface area contributed by atoms with Gasteiger partial charge in [0.15, 0.2) is 0 Å². The lowest BCUT2D eigenvalue weighted by molar-refractivity contribution is -0.144. The van der Waals surface area contributed by atoms with Gasteiger partial charge in [0.2, 0.25) is 0 Å². The number of benzene rings is 1. The molecule has 0 amide bonds. The van der Waals surface area contributed by atoms with Crippen molar-refractivity contribution in [3.05, 3.63) is 48.0 Å². The van der Waals surface area contributed by atoms with E-state index in [1.54, 1.807) is 6.08 Å². The van der Waals surface area contributed by atoms with Gasteiger partial charge in [0, 0.05) is 6.08 Å². The minimum atomic E-state index is -0.181. The van der Waals surface area contributed by atoms with Gasteiger partial charge in [-0.1, -0.05) is 42.8 Å². The molecule has 1 aromatic rings. The number of ether oxygens (including phenoxy) is 1. The maximum atomic E-state index is 11.6. The van der Waals surface area contributed by atoms with Crippen LogP contribution in [0.5, 0.6) is 0 Å². The fourth-order valence-corrected chi connectivity index (χ4v) is 2.46. The van der Waals surface area contributed by atoms with E-state index in [4.69, 9.17) is 4.74 Å². The first-order chi connectivity index (χ1) is 9.34. The lowest BCUT2D eigenvalue weighted by Crippen LogP contribution is -2.19. The van der Waals surface area contributed by atoms with Crippen LogP contribution in [0.3, 0.4) is 0 Å². The van der Waals surface area contributed by atoms with Crippen LogP contribution in [0.2, 0.25) is 0 Å². The van der Waals surface area contributed by atoms with Gasteiger partial charge in [-0.3, -0.25) is 0 Å². The summed E-state index contributed by atoms with van der Waals surface area (Å²) in [6, 6.07) is 10.3. The Labute approximate surface area is 115 Å². The van der Waals surface area contributed by atoms with Crippen molar-refractivity contribution in [2.45, 2.75) is 51.0 Å². The quantitative estimate of drug-likeness (QED) is 0.588. The molecule has 1 aliphatic carbocycles. The van der Waals surface area contributed by atoms with Crippen molar-refractivity contribution in [3.8, 4) is 0 Å². The van der Waals surface area contributed by atoms with Crippen LogP contribution in [0.1, 0.15) is 44.1 Å². The molecule has 19 heavy (non-hydrogen) atoms. The number of aryl methyl sites for hydroxylation is 1. The summed E-state index contributed by atoms with van der Waals surface area (Å²) in [5, 5.41) is 0. The van der Waals surface area contributed by atoms with E-state index >= 15 is 0 Å². The molecular formula is C17H22O2. The maximum absolute atomic E-state index is 11.6. The summed E-state index contributed by atoms with van der Waals surface area (Å²) in [4.78, 5) is 11.6. The predicted molar refractivity (Wildman–Crippen MR) is 76.9 cm³/mol. The van der Waals surface area contributed by atoms with Crippen LogP contribution in [0, 0.1) is 0 Å². The van der Waals surface area contributed by atoms with E-state index in [1.165, 1.54) is 24.8 Å². The third-order valence-electron chi connectivity index (χ3n) is 3.53. The third kappa shape index (κ3) is 5.29. The summed E-state index contributed by atoms with van der Waals surface area (Å²) in [7, 11) is 0. The van der Waals surface area contributed by atoms with E-state index in [-0.39, 0.29) is 12.1 Å². The SMILES string of the molecule is O=C(/C=C\CCc1ccccc1)OC1CCCCC1. The summed E-state index contributed by atoms with van der Waals surface area (Å²) in [5.41, 5.74) is 1.30. The van der Waals surface area contributed by atoms with Crippen LogP contribution in [0.4, 0.5) is 0 Å². The molecule has 0 radical (unpaired) electrons. The highest BCUT2D eigenvalue weighted by Gasteiger charge is 2.15. The lowest BCUT2D eigenvalue weighted by Gasteiger charge is -2.20. The Bertz CT molecular complexity index is 403. The van der Waals surface area contributed by atoms with E-state index in [0.29, 0.717) is 0 Å². The predicted octanol–water partition coefficient (Wildman–Crippen LogP) is 4.05. The normalized spacial score (nSPS) is 16.6. The van der Waals surface area contributed by atoms with E-state index in [2.05, 4.69) is 12.1 Å². The lowest BCUT2D eigenvalue weighted by atomic mass is 9.98. The molecule has 102 valence electrons. The number of esters is 1. The zero-order valence-corrected chi connectivity index (χ0v) is 11.4. The monoisotopic (exact) mass is 258 g/mol. The average Bonchev–Trinajstić information content (AvgIpc) is 2.46. The number of carbonyl (C=O) groups excluding carboxylic acids is 1. The second-order valence-electron chi connectivity index (χ2n) is 5.12. The number of allylic oxidation sites excluding steroid dienone is 1. The molecule has 0 atom stereocenters. The molecule has 0 aromatic heterocycles. The van der Waals surface area contributed by atoms with Crippen molar-refractivity contribution in [2.75, 3.05) is 0 Å². The Balaban J connectivity index is 1.65. The van der Waals surface area contributed by atoms with Gasteiger partial charge in [-0.15, -0.1) is 0 Å². The first-order valence-electron chi connectivity index (χ1n) is 7.25. The average molecular weight is 258 g/mol. The molecular weight excluding hydrogens is 236 g/mol. The van der Waals surface area contributed by atoms with Crippen molar-refractivity contribution in [1.29, 1.82) is 0 Å². The zero-order valence-electron chi connectivity index (χ0n) is 11.4. The fourth-order valence-electron chi connectivity index (χ4n) is 2.46. The van der Waals surface area contributed by atoms with Crippen molar-refractivity contribution < 1.29 is 9.53 Å². The standard InChI is InChI=1S/C17H22O2/c18-17(19-16-12-5-2-6-13-16)14-8-7-11-15-9-3-1-4-10-15/h1,3-4,8-10,14,16H,2,5-7,11-13H2/b14-8-. The van der Waals surface area contributed by atoms with E-state index < -0.39 is 0 Å². The Morgan fingerprint density at radius 3 is 2.63 bits per heavy atom. The first-order valence-corrected chi connectivity index (χ1v) is 7.25. The summed E-state index contributed by atoms with van der Waals surface area (Å²) in [6.07, 6.45) is 11.2. The fraction of sp³-hybridized carbons (Fsp3) is 0.471. The highest BCUT2D eigenvalue weighted by Crippen LogP contribution is 2.20. The van der Waals surface area contributed by atoms with Crippen LogP contribution in [0.25, 0.3) is 0 Å². The van der Waals surface area contributed by atoms with Crippen molar-refractivity contribution in [1.82, 2.24) is 0 Å². The summed E-state index contributed by atoms with van der Waals surface area (Å²) in [6.45, 7) is 0. The largest absolute Gasteiger partial charge is 0.459 e. The van der Waals surface area contributed by atoms with E-state index in [0.717, 1.165) is 25.7 Å². The van der Waals surface area contributed by atoms with Crippen LogP contribution >= 0.6 is 0 Å². The molecule has 0 bridgehead atoms. The molecule has 1 aromatic carbocycles.